The molecular formula is C10H16O2. The summed E-state index contributed by atoms with van der Waals surface area (Å²) in [4.78, 5) is 11.3. The van der Waals surface area contributed by atoms with Gasteiger partial charge in [-0.15, -0.1) is 0 Å². The Balaban J connectivity index is 2.04. The maximum absolute atomic E-state index is 11.3. The van der Waals surface area contributed by atoms with Crippen molar-refractivity contribution in [2.45, 2.75) is 32.1 Å². The van der Waals surface area contributed by atoms with Crippen molar-refractivity contribution in [2.75, 3.05) is 7.11 Å². The van der Waals surface area contributed by atoms with Gasteiger partial charge in [0.15, 0.2) is 0 Å². The summed E-state index contributed by atoms with van der Waals surface area (Å²) in [5, 5.41) is 0. The van der Waals surface area contributed by atoms with Crippen LogP contribution in [0, 0.1) is 17.8 Å². The minimum Gasteiger partial charge on any atom is -0.469 e. The summed E-state index contributed by atoms with van der Waals surface area (Å²) in [7, 11) is 1.50. The molecule has 0 aromatic carbocycles. The van der Waals surface area contributed by atoms with E-state index in [1.807, 2.05) is 0 Å². The third-order valence-corrected chi connectivity index (χ3v) is 3.59. The molecule has 0 radical (unpaired) electrons. The number of methoxy groups -OCH3 is 1. The lowest BCUT2D eigenvalue weighted by Gasteiger charge is -2.15. The highest BCUT2D eigenvalue weighted by Gasteiger charge is 2.42. The fraction of sp³-hybridized carbons (Fsp3) is 0.900. The van der Waals surface area contributed by atoms with Crippen LogP contribution >= 0.6 is 0 Å². The molecule has 68 valence electrons. The van der Waals surface area contributed by atoms with Gasteiger partial charge >= 0.3 is 5.97 Å². The van der Waals surface area contributed by atoms with E-state index in [1.54, 1.807) is 0 Å². The Bertz CT molecular complexity index is 188. The molecule has 0 saturated heterocycles. The first-order valence-electron chi connectivity index (χ1n) is 4.90. The second kappa shape index (κ2) is 3.08. The van der Waals surface area contributed by atoms with Crippen molar-refractivity contribution in [1.29, 1.82) is 0 Å². The molecule has 0 aromatic rings. The van der Waals surface area contributed by atoms with E-state index in [2.05, 4.69) is 0 Å². The summed E-state index contributed by atoms with van der Waals surface area (Å²) in [5.74, 6) is 1.78. The molecule has 0 aromatic heterocycles. The van der Waals surface area contributed by atoms with Crippen LogP contribution in [-0.4, -0.2) is 13.1 Å². The monoisotopic (exact) mass is 168 g/mol. The summed E-state index contributed by atoms with van der Waals surface area (Å²) in [6.45, 7) is 0. The SMILES string of the molecule is COC(=O)[C@H]1CC[C@@H]2CCC[C@@H]21. The van der Waals surface area contributed by atoms with E-state index in [1.165, 1.54) is 32.8 Å². The molecule has 0 unspecified atom stereocenters. The second-order valence-corrected chi connectivity index (χ2v) is 4.06. The zero-order valence-electron chi connectivity index (χ0n) is 7.58. The van der Waals surface area contributed by atoms with Crippen molar-refractivity contribution in [3.63, 3.8) is 0 Å². The molecule has 3 atom stereocenters. The highest BCUT2D eigenvalue weighted by molar-refractivity contribution is 5.73. The van der Waals surface area contributed by atoms with Gasteiger partial charge in [0.2, 0.25) is 0 Å². The van der Waals surface area contributed by atoms with E-state index in [9.17, 15) is 4.79 Å². The minimum atomic E-state index is 0.0319. The van der Waals surface area contributed by atoms with Gasteiger partial charge in [0.25, 0.3) is 0 Å². The Kier molecular flexibility index (Phi) is 2.07. The van der Waals surface area contributed by atoms with Crippen molar-refractivity contribution in [3.8, 4) is 0 Å². The Morgan fingerprint density at radius 2 is 2.08 bits per heavy atom. The van der Waals surface area contributed by atoms with E-state index in [0.29, 0.717) is 5.92 Å². The lowest BCUT2D eigenvalue weighted by Crippen LogP contribution is -2.20. The number of carbonyl (C=O) groups excluding carboxylic acids is 1. The van der Waals surface area contributed by atoms with Crippen LogP contribution in [0.15, 0.2) is 0 Å². The van der Waals surface area contributed by atoms with Gasteiger partial charge in [-0.3, -0.25) is 4.79 Å². The molecule has 2 saturated carbocycles. The highest BCUT2D eigenvalue weighted by Crippen LogP contribution is 2.47. The number of hydrogen-bond acceptors (Lipinski definition) is 2. The van der Waals surface area contributed by atoms with Crippen LogP contribution in [0.4, 0.5) is 0 Å². The smallest absolute Gasteiger partial charge is 0.308 e. The third kappa shape index (κ3) is 1.13. The van der Waals surface area contributed by atoms with Crippen molar-refractivity contribution in [1.82, 2.24) is 0 Å². The molecule has 0 bridgehead atoms. The van der Waals surface area contributed by atoms with E-state index >= 15 is 0 Å². The Morgan fingerprint density at radius 1 is 1.25 bits per heavy atom. The van der Waals surface area contributed by atoms with Crippen LogP contribution < -0.4 is 0 Å². The zero-order chi connectivity index (χ0) is 8.55. The number of rotatable bonds is 1. The van der Waals surface area contributed by atoms with Gasteiger partial charge in [-0.2, -0.15) is 0 Å². The molecule has 2 aliphatic carbocycles. The second-order valence-electron chi connectivity index (χ2n) is 4.06. The average Bonchev–Trinajstić information content (AvgIpc) is 2.62. The third-order valence-electron chi connectivity index (χ3n) is 3.59. The van der Waals surface area contributed by atoms with Crippen LogP contribution in [0.1, 0.15) is 32.1 Å². The normalized spacial score (nSPS) is 39.6. The molecule has 2 nitrogen and oxygen atoms in total. The van der Waals surface area contributed by atoms with E-state index in [-0.39, 0.29) is 11.9 Å². The zero-order valence-corrected chi connectivity index (χ0v) is 7.58. The predicted molar refractivity (Wildman–Crippen MR) is 45.6 cm³/mol. The quantitative estimate of drug-likeness (QED) is 0.560. The van der Waals surface area contributed by atoms with Crippen molar-refractivity contribution in [3.05, 3.63) is 0 Å². The molecule has 0 spiro atoms. The van der Waals surface area contributed by atoms with Gasteiger partial charge in [-0.05, 0) is 31.1 Å². The largest absolute Gasteiger partial charge is 0.469 e. The van der Waals surface area contributed by atoms with Crippen molar-refractivity contribution >= 4 is 5.97 Å². The van der Waals surface area contributed by atoms with E-state index in [0.717, 1.165) is 12.3 Å². The summed E-state index contributed by atoms with van der Waals surface area (Å²) in [5.41, 5.74) is 0. The molecule has 2 fully saturated rings. The molecule has 2 aliphatic rings. The standard InChI is InChI=1S/C10H16O2/c1-12-10(11)9-6-5-7-3-2-4-8(7)9/h7-9H,2-6H2,1H3/t7-,8-,9-/m0/s1. The summed E-state index contributed by atoms with van der Waals surface area (Å²) in [6, 6.07) is 0. The number of carbonyl (C=O) groups is 1. The van der Waals surface area contributed by atoms with Gasteiger partial charge in [0.1, 0.15) is 0 Å². The topological polar surface area (TPSA) is 26.3 Å². The van der Waals surface area contributed by atoms with Gasteiger partial charge in [-0.25, -0.2) is 0 Å². The van der Waals surface area contributed by atoms with Gasteiger partial charge in [0, 0.05) is 0 Å². The molecule has 2 heteroatoms. The van der Waals surface area contributed by atoms with Crippen molar-refractivity contribution < 1.29 is 9.53 Å². The predicted octanol–water partition coefficient (Wildman–Crippen LogP) is 1.99. The number of hydrogen-bond donors (Lipinski definition) is 0. The molecule has 0 amide bonds. The first-order chi connectivity index (χ1) is 5.83. The van der Waals surface area contributed by atoms with Crippen LogP contribution in [0.3, 0.4) is 0 Å². The molecule has 0 aliphatic heterocycles. The van der Waals surface area contributed by atoms with Gasteiger partial charge in [-0.1, -0.05) is 12.8 Å². The first-order valence-corrected chi connectivity index (χ1v) is 4.90. The number of fused-ring (bicyclic) bond motifs is 1. The Morgan fingerprint density at radius 3 is 2.83 bits per heavy atom. The molecule has 0 heterocycles. The number of ether oxygens (including phenoxy) is 1. The van der Waals surface area contributed by atoms with Gasteiger partial charge < -0.3 is 4.74 Å². The molecule has 2 rings (SSSR count). The van der Waals surface area contributed by atoms with E-state index in [4.69, 9.17) is 4.74 Å². The fourth-order valence-electron chi connectivity index (χ4n) is 3.01. The fourth-order valence-corrected chi connectivity index (χ4v) is 3.01. The molecule has 12 heavy (non-hydrogen) atoms. The Labute approximate surface area is 73.3 Å². The molecular weight excluding hydrogens is 152 g/mol. The molecule has 0 N–H and O–H groups in total. The summed E-state index contributed by atoms with van der Waals surface area (Å²) < 4.78 is 4.80. The van der Waals surface area contributed by atoms with Crippen LogP contribution in [0.2, 0.25) is 0 Å². The first kappa shape index (κ1) is 8.09. The Hall–Kier alpha value is -0.530. The minimum absolute atomic E-state index is 0.0319. The number of esters is 1. The van der Waals surface area contributed by atoms with Crippen LogP contribution in [-0.2, 0) is 9.53 Å². The maximum atomic E-state index is 11.3. The summed E-state index contributed by atoms with van der Waals surface area (Å²) in [6.07, 6.45) is 6.25. The van der Waals surface area contributed by atoms with Crippen LogP contribution in [0.25, 0.3) is 0 Å². The lowest BCUT2D eigenvalue weighted by atomic mass is 9.92. The highest BCUT2D eigenvalue weighted by atomic mass is 16.5. The maximum Gasteiger partial charge on any atom is 0.308 e. The summed E-state index contributed by atoms with van der Waals surface area (Å²) >= 11 is 0. The lowest BCUT2D eigenvalue weighted by molar-refractivity contribution is -0.146. The van der Waals surface area contributed by atoms with Crippen molar-refractivity contribution in [2.24, 2.45) is 17.8 Å². The van der Waals surface area contributed by atoms with Crippen LogP contribution in [0.5, 0.6) is 0 Å². The van der Waals surface area contributed by atoms with E-state index < -0.39 is 0 Å². The average molecular weight is 168 g/mol. The van der Waals surface area contributed by atoms with Gasteiger partial charge in [0.05, 0.1) is 13.0 Å².